The van der Waals surface area contributed by atoms with Gasteiger partial charge in [-0.3, -0.25) is 10.6 Å². The number of hydroxylamine groups is 1. The number of ether oxygens (including phenoxy) is 1. The molecule has 5 heteroatoms. The summed E-state index contributed by atoms with van der Waals surface area (Å²) in [6.07, 6.45) is -0.629. The molecule has 0 fully saturated rings. The first-order valence-electron chi connectivity index (χ1n) is 3.71. The van der Waals surface area contributed by atoms with Crippen molar-refractivity contribution in [2.75, 3.05) is 13.2 Å². The predicted molar refractivity (Wildman–Crippen MR) is 43.3 cm³/mol. The van der Waals surface area contributed by atoms with E-state index >= 15 is 0 Å². The predicted octanol–water partition coefficient (Wildman–Crippen LogP) is 0.726. The number of nitrogens with one attached hydrogen (secondary N) is 2. The van der Waals surface area contributed by atoms with Gasteiger partial charge in [0.1, 0.15) is 5.60 Å². The van der Waals surface area contributed by atoms with Gasteiger partial charge in [-0.1, -0.05) is 0 Å². The van der Waals surface area contributed by atoms with E-state index in [1.165, 1.54) is 0 Å². The number of carbonyl (C=O) groups excluding carboxylic acids is 1. The molecule has 2 N–H and O–H groups in total. The third-order valence-corrected chi connectivity index (χ3v) is 0.759. The van der Waals surface area contributed by atoms with Crippen molar-refractivity contribution in [3.8, 4) is 0 Å². The summed E-state index contributed by atoms with van der Waals surface area (Å²) in [5, 5.41) is 0. The molecule has 0 bridgehead atoms. The van der Waals surface area contributed by atoms with E-state index < -0.39 is 11.7 Å². The van der Waals surface area contributed by atoms with Gasteiger partial charge in [0.05, 0.1) is 6.61 Å². The van der Waals surface area contributed by atoms with Crippen LogP contribution in [-0.2, 0) is 9.57 Å². The molecule has 0 saturated carbocycles. The highest BCUT2D eigenvalue weighted by molar-refractivity contribution is 5.66. The van der Waals surface area contributed by atoms with E-state index in [4.69, 9.17) is 10.5 Å². The molecule has 0 rings (SSSR count). The molecule has 0 atom stereocenters. The highest BCUT2D eigenvalue weighted by atomic mass is 16.7. The molecule has 0 heterocycles. The normalized spacial score (nSPS) is 11.0. The SMILES string of the molecule is CC(C)(C)OC(=O)NOCC[NH]. The van der Waals surface area contributed by atoms with E-state index in [2.05, 4.69) is 10.3 Å². The number of rotatable bonds is 3. The van der Waals surface area contributed by atoms with Crippen molar-refractivity contribution in [2.24, 2.45) is 0 Å². The van der Waals surface area contributed by atoms with Crippen molar-refractivity contribution >= 4 is 6.09 Å². The van der Waals surface area contributed by atoms with E-state index in [1.807, 2.05) is 0 Å². The number of hydrogen-bond donors (Lipinski definition) is 1. The van der Waals surface area contributed by atoms with Gasteiger partial charge in [-0.05, 0) is 20.8 Å². The lowest BCUT2D eigenvalue weighted by molar-refractivity contribution is -0.00568. The largest absolute Gasteiger partial charge is 0.442 e. The van der Waals surface area contributed by atoms with Gasteiger partial charge in [-0.15, -0.1) is 0 Å². The van der Waals surface area contributed by atoms with Crippen LogP contribution in [0.2, 0.25) is 0 Å². The summed E-state index contributed by atoms with van der Waals surface area (Å²) >= 11 is 0. The molecule has 0 unspecified atom stereocenters. The maximum Gasteiger partial charge on any atom is 0.431 e. The summed E-state index contributed by atoms with van der Waals surface area (Å²) in [4.78, 5) is 15.4. The van der Waals surface area contributed by atoms with E-state index in [0.29, 0.717) is 0 Å². The van der Waals surface area contributed by atoms with Gasteiger partial charge in [0.15, 0.2) is 0 Å². The Labute approximate surface area is 72.2 Å². The molecular weight excluding hydrogens is 160 g/mol. The van der Waals surface area contributed by atoms with Gasteiger partial charge in [0.2, 0.25) is 0 Å². The molecule has 5 nitrogen and oxygen atoms in total. The van der Waals surface area contributed by atoms with Crippen LogP contribution in [0.15, 0.2) is 0 Å². The summed E-state index contributed by atoms with van der Waals surface area (Å²) < 4.78 is 4.85. The lowest BCUT2D eigenvalue weighted by atomic mass is 10.2. The summed E-state index contributed by atoms with van der Waals surface area (Å²) in [6.45, 7) is 5.56. The Balaban J connectivity index is 3.47. The maximum absolute atomic E-state index is 10.8. The van der Waals surface area contributed by atoms with Crippen LogP contribution in [0.5, 0.6) is 0 Å². The quantitative estimate of drug-likeness (QED) is 0.507. The van der Waals surface area contributed by atoms with Crippen LogP contribution >= 0.6 is 0 Å². The second-order valence-corrected chi connectivity index (χ2v) is 3.20. The molecular formula is C7H15N2O3. The van der Waals surface area contributed by atoms with Crippen molar-refractivity contribution in [3.05, 3.63) is 0 Å². The van der Waals surface area contributed by atoms with Crippen LogP contribution in [0, 0.1) is 0 Å². The van der Waals surface area contributed by atoms with Gasteiger partial charge in [0, 0.05) is 6.54 Å². The maximum atomic E-state index is 10.8. The third-order valence-electron chi connectivity index (χ3n) is 0.759. The van der Waals surface area contributed by atoms with Crippen LogP contribution in [0.3, 0.4) is 0 Å². The fraction of sp³-hybridized carbons (Fsp3) is 0.857. The van der Waals surface area contributed by atoms with E-state index in [-0.39, 0.29) is 13.2 Å². The van der Waals surface area contributed by atoms with E-state index in [0.717, 1.165) is 0 Å². The van der Waals surface area contributed by atoms with Crippen molar-refractivity contribution in [2.45, 2.75) is 26.4 Å². The molecule has 0 aromatic heterocycles. The molecule has 0 saturated heterocycles. The van der Waals surface area contributed by atoms with E-state index in [1.54, 1.807) is 20.8 Å². The van der Waals surface area contributed by atoms with Gasteiger partial charge in [-0.25, -0.2) is 4.79 Å². The Morgan fingerprint density at radius 3 is 2.50 bits per heavy atom. The van der Waals surface area contributed by atoms with Crippen molar-refractivity contribution < 1.29 is 14.4 Å². The molecule has 0 aliphatic carbocycles. The standard InChI is InChI=1S/C7H15N2O3/c1-7(2,3)12-6(10)9-11-5-4-8/h8H,4-5H2,1-3H3,(H,9,10). The Morgan fingerprint density at radius 1 is 1.50 bits per heavy atom. The Hall–Kier alpha value is -0.810. The summed E-state index contributed by atoms with van der Waals surface area (Å²) in [7, 11) is 0. The Morgan fingerprint density at radius 2 is 2.08 bits per heavy atom. The minimum absolute atomic E-state index is 0.107. The highest BCUT2D eigenvalue weighted by Crippen LogP contribution is 2.05. The second kappa shape index (κ2) is 4.95. The fourth-order valence-electron chi connectivity index (χ4n) is 0.460. The third kappa shape index (κ3) is 7.30. The molecule has 1 radical (unpaired) electrons. The van der Waals surface area contributed by atoms with Gasteiger partial charge < -0.3 is 4.74 Å². The lowest BCUT2D eigenvalue weighted by Crippen LogP contribution is -2.33. The Bertz CT molecular complexity index is 142. The number of carbonyl (C=O) groups is 1. The summed E-state index contributed by atoms with van der Waals surface area (Å²) in [6, 6.07) is 0. The molecule has 71 valence electrons. The zero-order valence-electron chi connectivity index (χ0n) is 7.64. The highest BCUT2D eigenvalue weighted by Gasteiger charge is 2.15. The Kier molecular flexibility index (Phi) is 4.61. The van der Waals surface area contributed by atoms with Crippen LogP contribution in [-0.4, -0.2) is 24.8 Å². The molecule has 0 aliphatic rings. The summed E-state index contributed by atoms with van der Waals surface area (Å²) in [5.41, 5.74) is 8.25. The first-order valence-corrected chi connectivity index (χ1v) is 3.71. The van der Waals surface area contributed by atoms with Gasteiger partial charge in [-0.2, -0.15) is 5.48 Å². The van der Waals surface area contributed by atoms with E-state index in [9.17, 15) is 4.79 Å². The minimum atomic E-state index is -0.629. The smallest absolute Gasteiger partial charge is 0.431 e. The van der Waals surface area contributed by atoms with Gasteiger partial charge >= 0.3 is 6.09 Å². The van der Waals surface area contributed by atoms with Crippen LogP contribution in [0.4, 0.5) is 4.79 Å². The molecule has 0 aromatic rings. The van der Waals surface area contributed by atoms with Crippen molar-refractivity contribution in [3.63, 3.8) is 0 Å². The molecule has 12 heavy (non-hydrogen) atoms. The average molecular weight is 175 g/mol. The molecule has 1 amide bonds. The van der Waals surface area contributed by atoms with Gasteiger partial charge in [0.25, 0.3) is 0 Å². The van der Waals surface area contributed by atoms with Crippen molar-refractivity contribution in [1.29, 1.82) is 0 Å². The first kappa shape index (κ1) is 11.2. The molecule has 0 aromatic carbocycles. The minimum Gasteiger partial charge on any atom is -0.442 e. The summed E-state index contributed by atoms with van der Waals surface area (Å²) in [5.74, 6) is 0. The van der Waals surface area contributed by atoms with Crippen LogP contribution < -0.4 is 11.2 Å². The average Bonchev–Trinajstić information content (AvgIpc) is 1.84. The fourth-order valence-corrected chi connectivity index (χ4v) is 0.460. The molecule has 0 aliphatic heterocycles. The monoisotopic (exact) mass is 175 g/mol. The number of amides is 1. The lowest BCUT2D eigenvalue weighted by Gasteiger charge is -2.19. The second-order valence-electron chi connectivity index (χ2n) is 3.20. The molecule has 0 spiro atoms. The van der Waals surface area contributed by atoms with Crippen molar-refractivity contribution in [1.82, 2.24) is 11.2 Å². The topological polar surface area (TPSA) is 71.4 Å². The first-order chi connectivity index (χ1) is 5.45. The number of hydrogen-bond acceptors (Lipinski definition) is 3. The van der Waals surface area contributed by atoms with Crippen LogP contribution in [0.25, 0.3) is 0 Å². The zero-order chi connectivity index (χ0) is 9.61. The van der Waals surface area contributed by atoms with Crippen LogP contribution in [0.1, 0.15) is 20.8 Å². The zero-order valence-corrected chi connectivity index (χ0v) is 7.64.